The molecule has 0 unspecified atom stereocenters. The average Bonchev–Trinajstić information content (AvgIpc) is 2.75. The van der Waals surface area contributed by atoms with Gasteiger partial charge in [-0.25, -0.2) is 18.0 Å². The zero-order valence-electron chi connectivity index (χ0n) is 19.3. The Hall–Kier alpha value is -2.97. The van der Waals surface area contributed by atoms with Crippen LogP contribution in [0.1, 0.15) is 44.7 Å². The van der Waals surface area contributed by atoms with E-state index < -0.39 is 27.7 Å². The third-order valence-electron chi connectivity index (χ3n) is 5.35. The van der Waals surface area contributed by atoms with Crippen LogP contribution in [0.4, 0.5) is 0 Å². The molecule has 7 nitrogen and oxygen atoms in total. The fraction of sp³-hybridized carbons (Fsp3) is 0.360. The number of rotatable bonds is 9. The van der Waals surface area contributed by atoms with E-state index in [1.165, 1.54) is 24.3 Å². The maximum atomic E-state index is 12.9. The topological polar surface area (TPSA) is 103 Å². The van der Waals surface area contributed by atoms with E-state index in [1.54, 1.807) is 38.1 Å². The van der Waals surface area contributed by atoms with Gasteiger partial charge in [0.1, 0.15) is 17.4 Å². The number of carbonyl (C=O) groups is 1. The zero-order chi connectivity index (χ0) is 24.2. The monoisotopic (exact) mass is 471 g/mol. The summed E-state index contributed by atoms with van der Waals surface area (Å²) in [5.74, 6) is -0.940. The third-order valence-corrected chi connectivity index (χ3v) is 6.81. The summed E-state index contributed by atoms with van der Waals surface area (Å²) in [5, 5.41) is 0.781. The van der Waals surface area contributed by atoms with Crippen molar-refractivity contribution in [3.63, 3.8) is 0 Å². The number of sulfonamides is 1. The van der Waals surface area contributed by atoms with E-state index in [0.29, 0.717) is 5.58 Å². The summed E-state index contributed by atoms with van der Waals surface area (Å²) in [4.78, 5) is 24.9. The molecular weight excluding hydrogens is 442 g/mol. The molecule has 0 amide bonds. The van der Waals surface area contributed by atoms with Gasteiger partial charge in [0, 0.05) is 17.5 Å². The lowest BCUT2D eigenvalue weighted by Crippen LogP contribution is -2.46. The predicted octanol–water partition coefficient (Wildman–Crippen LogP) is 4.35. The van der Waals surface area contributed by atoms with Crippen molar-refractivity contribution in [2.75, 3.05) is 0 Å². The van der Waals surface area contributed by atoms with E-state index in [-0.39, 0.29) is 16.6 Å². The van der Waals surface area contributed by atoms with Gasteiger partial charge in [0.15, 0.2) is 0 Å². The van der Waals surface area contributed by atoms with Gasteiger partial charge in [0.25, 0.3) is 0 Å². The zero-order valence-corrected chi connectivity index (χ0v) is 20.1. The van der Waals surface area contributed by atoms with Gasteiger partial charge in [-0.1, -0.05) is 44.9 Å². The number of unbranched alkanes of at least 4 members (excludes halogenated alkanes) is 1. The summed E-state index contributed by atoms with van der Waals surface area (Å²) < 4.78 is 38.8. The molecule has 0 saturated heterocycles. The molecule has 2 aromatic carbocycles. The Labute approximate surface area is 193 Å². The van der Waals surface area contributed by atoms with Crippen molar-refractivity contribution in [1.82, 2.24) is 4.72 Å². The molecule has 0 aliphatic rings. The minimum atomic E-state index is -3.92. The summed E-state index contributed by atoms with van der Waals surface area (Å²) in [6.45, 7) is 7.38. The normalized spacial score (nSPS) is 12.8. The van der Waals surface area contributed by atoms with Crippen molar-refractivity contribution in [3.8, 4) is 5.75 Å². The molecule has 0 aliphatic carbocycles. The van der Waals surface area contributed by atoms with Crippen LogP contribution in [0.25, 0.3) is 11.0 Å². The molecule has 0 fully saturated rings. The van der Waals surface area contributed by atoms with Crippen LogP contribution < -0.4 is 15.1 Å². The molecule has 1 atom stereocenters. The van der Waals surface area contributed by atoms with Crippen LogP contribution in [0.2, 0.25) is 0 Å². The van der Waals surface area contributed by atoms with Gasteiger partial charge in [-0.2, -0.15) is 4.72 Å². The van der Waals surface area contributed by atoms with Crippen LogP contribution in [-0.2, 0) is 21.2 Å². The first-order valence-corrected chi connectivity index (χ1v) is 12.5. The minimum absolute atomic E-state index is 0.0682. The molecular formula is C25H29NO6S. The molecule has 0 spiro atoms. The minimum Gasteiger partial charge on any atom is -0.425 e. The van der Waals surface area contributed by atoms with Gasteiger partial charge in [-0.15, -0.1) is 0 Å². The standard InChI is InChI=1S/C25H29NO6S/c1-5-6-7-18-14-23(27)32-22-15-19(10-13-21(18)22)31-25(28)24(16(2)3)26-33(29,30)20-11-8-17(4)9-12-20/h8-16,24,26H,5-7H2,1-4H3/t24-/m0/s1. The van der Waals surface area contributed by atoms with Gasteiger partial charge in [0.2, 0.25) is 10.0 Å². The highest BCUT2D eigenvalue weighted by atomic mass is 32.2. The molecule has 0 radical (unpaired) electrons. The van der Waals surface area contributed by atoms with Crippen molar-refractivity contribution >= 4 is 27.0 Å². The number of aryl methyl sites for hydroxylation is 2. The fourth-order valence-electron chi connectivity index (χ4n) is 3.44. The Kier molecular flexibility index (Phi) is 7.71. The molecule has 8 heteroatoms. The maximum absolute atomic E-state index is 12.9. The lowest BCUT2D eigenvalue weighted by molar-refractivity contribution is -0.137. The van der Waals surface area contributed by atoms with Crippen LogP contribution in [0.5, 0.6) is 5.75 Å². The highest BCUT2D eigenvalue weighted by molar-refractivity contribution is 7.89. The van der Waals surface area contributed by atoms with Gasteiger partial charge in [0.05, 0.1) is 4.90 Å². The smallest absolute Gasteiger partial charge is 0.336 e. The number of nitrogens with one attached hydrogen (secondary N) is 1. The Morgan fingerprint density at radius 3 is 2.42 bits per heavy atom. The lowest BCUT2D eigenvalue weighted by Gasteiger charge is -2.21. The number of esters is 1. The number of carbonyl (C=O) groups excluding carboxylic acids is 1. The van der Waals surface area contributed by atoms with Crippen molar-refractivity contribution in [2.24, 2.45) is 5.92 Å². The molecule has 0 aliphatic heterocycles. The second-order valence-corrected chi connectivity index (χ2v) is 10.1. The van der Waals surface area contributed by atoms with Gasteiger partial charge >= 0.3 is 11.6 Å². The van der Waals surface area contributed by atoms with E-state index in [9.17, 15) is 18.0 Å². The van der Waals surface area contributed by atoms with Crippen LogP contribution in [0.15, 0.2) is 62.6 Å². The highest BCUT2D eigenvalue weighted by Crippen LogP contribution is 2.25. The van der Waals surface area contributed by atoms with Crippen LogP contribution in [0, 0.1) is 12.8 Å². The van der Waals surface area contributed by atoms with E-state index in [1.807, 2.05) is 6.92 Å². The maximum Gasteiger partial charge on any atom is 0.336 e. The van der Waals surface area contributed by atoms with Crippen molar-refractivity contribution < 1.29 is 22.4 Å². The summed E-state index contributed by atoms with van der Waals surface area (Å²) in [5.41, 5.74) is 1.66. The molecule has 0 bridgehead atoms. The first-order valence-electron chi connectivity index (χ1n) is 11.0. The number of hydrogen-bond acceptors (Lipinski definition) is 6. The van der Waals surface area contributed by atoms with Crippen molar-refractivity contribution in [2.45, 2.75) is 57.9 Å². The van der Waals surface area contributed by atoms with Crippen LogP contribution >= 0.6 is 0 Å². The Balaban J connectivity index is 1.84. The molecule has 1 N–H and O–H groups in total. The Bertz CT molecular complexity index is 1290. The van der Waals surface area contributed by atoms with Gasteiger partial charge in [-0.05, 0) is 55.5 Å². The van der Waals surface area contributed by atoms with Gasteiger partial charge < -0.3 is 9.15 Å². The van der Waals surface area contributed by atoms with E-state index >= 15 is 0 Å². The average molecular weight is 472 g/mol. The Morgan fingerprint density at radius 2 is 1.79 bits per heavy atom. The summed E-state index contributed by atoms with van der Waals surface area (Å²) in [6, 6.07) is 11.6. The highest BCUT2D eigenvalue weighted by Gasteiger charge is 2.30. The summed E-state index contributed by atoms with van der Waals surface area (Å²) >= 11 is 0. The molecule has 0 saturated carbocycles. The fourth-order valence-corrected chi connectivity index (χ4v) is 4.77. The van der Waals surface area contributed by atoms with Crippen LogP contribution in [-0.4, -0.2) is 20.4 Å². The number of benzene rings is 2. The third kappa shape index (κ3) is 6.09. The van der Waals surface area contributed by atoms with E-state index in [0.717, 1.165) is 35.8 Å². The number of hydrogen-bond donors (Lipinski definition) is 1. The molecule has 33 heavy (non-hydrogen) atoms. The second kappa shape index (κ2) is 10.3. The number of fused-ring (bicyclic) bond motifs is 1. The largest absolute Gasteiger partial charge is 0.425 e. The summed E-state index contributed by atoms with van der Waals surface area (Å²) in [6.07, 6.45) is 2.67. The Morgan fingerprint density at radius 1 is 1.09 bits per heavy atom. The van der Waals surface area contributed by atoms with Crippen LogP contribution in [0.3, 0.4) is 0 Å². The predicted molar refractivity (Wildman–Crippen MR) is 127 cm³/mol. The quantitative estimate of drug-likeness (QED) is 0.283. The van der Waals surface area contributed by atoms with Crippen molar-refractivity contribution in [3.05, 3.63) is 70.1 Å². The molecule has 176 valence electrons. The molecule has 3 rings (SSSR count). The van der Waals surface area contributed by atoms with E-state index in [4.69, 9.17) is 9.15 Å². The molecule has 1 aromatic heterocycles. The molecule has 1 heterocycles. The van der Waals surface area contributed by atoms with Gasteiger partial charge in [-0.3, -0.25) is 0 Å². The van der Waals surface area contributed by atoms with Crippen molar-refractivity contribution in [1.29, 1.82) is 0 Å². The summed E-state index contributed by atoms with van der Waals surface area (Å²) in [7, 11) is -3.92. The lowest BCUT2D eigenvalue weighted by atomic mass is 10.0. The first kappa shape index (κ1) is 24.7. The van der Waals surface area contributed by atoms with E-state index in [2.05, 4.69) is 11.6 Å². The second-order valence-electron chi connectivity index (χ2n) is 8.43. The first-order chi connectivity index (χ1) is 15.6. The molecule has 3 aromatic rings. The number of ether oxygens (including phenoxy) is 1. The SMILES string of the molecule is CCCCc1cc(=O)oc2cc(OC(=O)[C@@H](NS(=O)(=O)c3ccc(C)cc3)C(C)C)ccc12.